The minimum Gasteiger partial charge on any atom is -0.370 e. The summed E-state index contributed by atoms with van der Waals surface area (Å²) in [6, 6.07) is 16.3. The Morgan fingerprint density at radius 3 is 1.57 bits per heavy atom. The molecule has 506 valence electrons. The van der Waals surface area contributed by atoms with Crippen LogP contribution in [-0.2, 0) is 43.2 Å². The Balaban J connectivity index is 1.52. The van der Waals surface area contributed by atoms with Gasteiger partial charge in [0.25, 0.3) is 0 Å². The van der Waals surface area contributed by atoms with E-state index >= 15 is 9.59 Å². The number of nitrogens with two attached hydrogens (primary N) is 6. The fourth-order valence-electron chi connectivity index (χ4n) is 11.0. The summed E-state index contributed by atoms with van der Waals surface area (Å²) in [7, 11) is 0. The van der Waals surface area contributed by atoms with Crippen molar-refractivity contribution in [2.75, 3.05) is 104 Å². The summed E-state index contributed by atoms with van der Waals surface area (Å²) in [5.41, 5.74) is 35.8. The van der Waals surface area contributed by atoms with Crippen molar-refractivity contribution in [2.24, 2.45) is 39.4 Å². The van der Waals surface area contributed by atoms with Crippen molar-refractivity contribution < 1.29 is 43.2 Å². The SMILES string of the molecule is C=C1N[C@H]2CSC(CCCCC(=O)NCCCC[C@H](NC(=O)CN(C(=O)CN(CCCCN)C(=O)CN(C(=O)CN(CCCCN=C(N)N)C(=O)CN(CCCCN)C(=O)CN(CCCCN)C(C)=O)[C@@H](C)c3ccccc3)[C@@H](C)c3ccccc3)C(N)=O)[C@H]2N1. The molecule has 2 aliphatic rings. The van der Waals surface area contributed by atoms with E-state index in [9.17, 15) is 33.6 Å². The van der Waals surface area contributed by atoms with Gasteiger partial charge in [0.2, 0.25) is 53.2 Å². The smallest absolute Gasteiger partial charge is 0.243 e. The third-order valence-corrected chi connectivity index (χ3v) is 17.9. The van der Waals surface area contributed by atoms with E-state index in [1.54, 1.807) is 38.1 Å². The summed E-state index contributed by atoms with van der Waals surface area (Å²) >= 11 is 1.95. The predicted molar refractivity (Wildman–Crippen MR) is 356 cm³/mol. The average Bonchev–Trinajstić information content (AvgIpc) is 1.83. The van der Waals surface area contributed by atoms with Crippen molar-refractivity contribution in [3.63, 3.8) is 0 Å². The molecule has 2 fully saturated rings. The topological polar surface area (TPSA) is 390 Å². The van der Waals surface area contributed by atoms with Crippen molar-refractivity contribution in [1.82, 2.24) is 50.7 Å². The zero-order chi connectivity index (χ0) is 66.7. The number of hydrogen-bond acceptors (Lipinski definition) is 16. The number of unbranched alkanes of at least 4 members (excludes halogenated alkanes) is 6. The van der Waals surface area contributed by atoms with Gasteiger partial charge in [0.05, 0.1) is 56.2 Å². The maximum absolute atomic E-state index is 15.1. The summed E-state index contributed by atoms with van der Waals surface area (Å²) in [5.74, 6) is -2.79. The Kier molecular flexibility index (Phi) is 34.9. The van der Waals surface area contributed by atoms with Crippen LogP contribution in [0.1, 0.15) is 140 Å². The van der Waals surface area contributed by atoms with Gasteiger partial charge in [0.1, 0.15) is 19.1 Å². The van der Waals surface area contributed by atoms with Gasteiger partial charge in [-0.15, -0.1) is 0 Å². The highest BCUT2D eigenvalue weighted by Crippen LogP contribution is 2.34. The number of thioether (sulfide) groups is 1. The van der Waals surface area contributed by atoms with Crippen LogP contribution in [0.3, 0.4) is 0 Å². The summed E-state index contributed by atoms with van der Waals surface area (Å²) < 4.78 is 0. The highest BCUT2D eigenvalue weighted by Gasteiger charge is 2.41. The molecular formula is C64H105N17O9S. The van der Waals surface area contributed by atoms with E-state index in [0.717, 1.165) is 30.8 Å². The van der Waals surface area contributed by atoms with Gasteiger partial charge in [0, 0.05) is 63.6 Å². The quantitative estimate of drug-likeness (QED) is 0.0252. The lowest BCUT2D eigenvalue weighted by atomic mass is 10.0. The number of carbonyl (C=O) groups is 9. The molecule has 0 spiro atoms. The Labute approximate surface area is 542 Å². The molecule has 2 aliphatic heterocycles. The van der Waals surface area contributed by atoms with E-state index < -0.39 is 92.2 Å². The first-order valence-electron chi connectivity index (χ1n) is 32.3. The molecule has 91 heavy (non-hydrogen) atoms. The third kappa shape index (κ3) is 27.5. The molecular weight excluding hydrogens is 1180 g/mol. The van der Waals surface area contributed by atoms with Crippen LogP contribution >= 0.6 is 11.8 Å². The molecule has 1 unspecified atom stereocenters. The second-order valence-corrected chi connectivity index (χ2v) is 24.8. The Hall–Kier alpha value is -7.49. The van der Waals surface area contributed by atoms with Crippen LogP contribution in [0.2, 0.25) is 0 Å². The maximum atomic E-state index is 15.1. The van der Waals surface area contributed by atoms with Crippen LogP contribution in [-0.4, -0.2) is 216 Å². The standard InChI is InChI=1S/C64H105N17O9S/c1-46(50-23-7-5-8-24-50)80(39-56(84)75-52(63(68)90)27-13-17-33-71-55(83)29-12-11-28-54-62-53(45-91-54)73-48(3)74-62)60(88)42-79(37-21-16-32-67)59(87)44-81(47(2)51-25-9-6-10-26-51)61(89)43-78(38-22-18-34-72-64(69)70)58(86)41-77(36-20-15-31-66)57(85)40-76(49(4)82)35-19-14-30-65/h5-10,23-26,46-47,52-54,62,73-74H,3,11-22,27-45,65-67H2,1-2,4H3,(H2,68,90)(H,71,83)(H,75,84)(H4,69,70,72)/t46-,47-,52-,53-,54?,62-/m0/s1. The second-order valence-electron chi connectivity index (χ2n) is 23.5. The first-order chi connectivity index (χ1) is 43.7. The molecule has 2 heterocycles. The number of hydrogen-bond donors (Lipinski definition) is 10. The van der Waals surface area contributed by atoms with E-state index in [4.69, 9.17) is 34.4 Å². The normalized spacial score (nSPS) is 15.8. The number of rotatable bonds is 45. The molecule has 16 N–H and O–H groups in total. The minimum absolute atomic E-state index is 0.0496. The fourth-order valence-corrected chi connectivity index (χ4v) is 12.6. The molecule has 26 nitrogen and oxygen atoms in total. The molecule has 9 amide bonds. The predicted octanol–water partition coefficient (Wildman–Crippen LogP) is 1.10. The van der Waals surface area contributed by atoms with Crippen LogP contribution in [0.5, 0.6) is 0 Å². The molecule has 6 atom stereocenters. The van der Waals surface area contributed by atoms with Crippen molar-refractivity contribution in [1.29, 1.82) is 0 Å². The number of benzene rings is 2. The van der Waals surface area contributed by atoms with Crippen LogP contribution in [0.15, 0.2) is 78.1 Å². The number of nitrogens with zero attached hydrogens (tertiary/aromatic N) is 7. The monoisotopic (exact) mass is 1290 g/mol. The molecule has 0 saturated carbocycles. The molecule has 4 rings (SSSR count). The van der Waals surface area contributed by atoms with E-state index in [1.807, 2.05) is 48.2 Å². The summed E-state index contributed by atoms with van der Waals surface area (Å²) in [5, 5.41) is 13.0. The highest BCUT2D eigenvalue weighted by atomic mass is 32.2. The molecule has 2 aromatic carbocycles. The van der Waals surface area contributed by atoms with Crippen molar-refractivity contribution in [3.8, 4) is 0 Å². The van der Waals surface area contributed by atoms with E-state index in [1.165, 1.54) is 36.3 Å². The highest BCUT2D eigenvalue weighted by molar-refractivity contribution is 8.00. The fraction of sp³-hybridized carbons (Fsp3) is 0.625. The molecule has 0 bridgehead atoms. The second kappa shape index (κ2) is 41.8. The Bertz CT molecular complexity index is 2660. The van der Waals surface area contributed by atoms with Crippen LogP contribution in [0.25, 0.3) is 0 Å². The molecule has 2 saturated heterocycles. The summed E-state index contributed by atoms with van der Waals surface area (Å²) in [4.78, 5) is 138. The Morgan fingerprint density at radius 1 is 0.582 bits per heavy atom. The first kappa shape index (κ1) is 76.0. The average molecular weight is 1290 g/mol. The number of nitrogens with one attached hydrogen (secondary N) is 4. The van der Waals surface area contributed by atoms with Crippen LogP contribution < -0.4 is 55.7 Å². The van der Waals surface area contributed by atoms with Crippen LogP contribution in [0.4, 0.5) is 0 Å². The zero-order valence-corrected chi connectivity index (χ0v) is 54.9. The third-order valence-electron chi connectivity index (χ3n) is 16.4. The Morgan fingerprint density at radius 2 is 1.07 bits per heavy atom. The van der Waals surface area contributed by atoms with Crippen LogP contribution in [0, 0.1) is 0 Å². The van der Waals surface area contributed by atoms with Gasteiger partial charge < -0.3 is 85.1 Å². The zero-order valence-electron chi connectivity index (χ0n) is 54.0. The first-order valence-corrected chi connectivity index (χ1v) is 33.3. The summed E-state index contributed by atoms with van der Waals surface area (Å²) in [6.45, 7) is 8.41. The lowest BCUT2D eigenvalue weighted by molar-refractivity contribution is -0.149. The van der Waals surface area contributed by atoms with Gasteiger partial charge in [0.15, 0.2) is 5.96 Å². The minimum atomic E-state index is -1.08. The van der Waals surface area contributed by atoms with E-state index in [2.05, 4.69) is 32.8 Å². The lowest BCUT2D eigenvalue weighted by Gasteiger charge is -2.35. The molecule has 0 aromatic heterocycles. The van der Waals surface area contributed by atoms with Crippen molar-refractivity contribution in [2.45, 2.75) is 153 Å². The molecule has 2 aromatic rings. The maximum Gasteiger partial charge on any atom is 0.243 e. The van der Waals surface area contributed by atoms with Crippen molar-refractivity contribution >= 4 is 70.9 Å². The number of aliphatic imine (C=N–C) groups is 1. The van der Waals surface area contributed by atoms with E-state index in [0.29, 0.717) is 132 Å². The lowest BCUT2D eigenvalue weighted by Crippen LogP contribution is -2.53. The number of amides is 9. The number of fused-ring (bicyclic) bond motifs is 1. The largest absolute Gasteiger partial charge is 0.370 e. The number of guanidine groups is 1. The van der Waals surface area contributed by atoms with Gasteiger partial charge >= 0.3 is 0 Å². The number of carbonyl (C=O) groups excluding carboxylic acids is 9. The molecule has 0 aliphatic carbocycles. The van der Waals surface area contributed by atoms with Gasteiger partial charge in [-0.1, -0.05) is 73.7 Å². The van der Waals surface area contributed by atoms with Gasteiger partial charge in [-0.3, -0.25) is 48.1 Å². The van der Waals surface area contributed by atoms with Gasteiger partial charge in [-0.05, 0) is 128 Å². The van der Waals surface area contributed by atoms with Crippen molar-refractivity contribution in [3.05, 3.63) is 84.2 Å². The number of primary amides is 1. The van der Waals surface area contributed by atoms with Gasteiger partial charge in [-0.2, -0.15) is 11.8 Å². The van der Waals surface area contributed by atoms with Gasteiger partial charge in [-0.25, -0.2) is 0 Å². The van der Waals surface area contributed by atoms with E-state index in [-0.39, 0.29) is 56.9 Å². The summed E-state index contributed by atoms with van der Waals surface area (Å²) in [6.07, 6.45) is 8.24. The molecule has 0 radical (unpaired) electrons. The molecule has 27 heteroatoms.